The highest BCUT2D eigenvalue weighted by molar-refractivity contribution is 7.85. The van der Waals surface area contributed by atoms with Gasteiger partial charge in [-0.25, -0.2) is 0 Å². The van der Waals surface area contributed by atoms with E-state index in [1.807, 2.05) is 19.1 Å². The van der Waals surface area contributed by atoms with Crippen molar-refractivity contribution in [3.8, 4) is 11.1 Å². The first-order valence-electron chi connectivity index (χ1n) is 5.03. The van der Waals surface area contributed by atoms with Crippen molar-refractivity contribution >= 4 is 10.1 Å². The predicted molar refractivity (Wildman–Crippen MR) is 65.3 cm³/mol. The predicted octanol–water partition coefficient (Wildman–Crippen LogP) is 2.71. The van der Waals surface area contributed by atoms with Crippen LogP contribution in [0, 0.1) is 13.0 Å². The van der Waals surface area contributed by atoms with Crippen molar-refractivity contribution in [1.29, 1.82) is 0 Å². The molecule has 87 valence electrons. The molecule has 0 saturated heterocycles. The largest absolute Gasteiger partial charge is 0.294 e. The fourth-order valence-corrected chi connectivity index (χ4v) is 2.15. The van der Waals surface area contributed by atoms with Gasteiger partial charge in [-0.1, -0.05) is 30.3 Å². The number of rotatable bonds is 2. The van der Waals surface area contributed by atoms with Crippen LogP contribution in [-0.2, 0) is 10.1 Å². The molecule has 0 heterocycles. The SMILES string of the molecule is Cc1ccc(S(=O)(=O)O)cc1-c1cc[c]cc1. The third-order valence-corrected chi connectivity index (χ3v) is 3.39. The van der Waals surface area contributed by atoms with Crippen molar-refractivity contribution in [1.82, 2.24) is 0 Å². The molecule has 2 rings (SSSR count). The number of benzene rings is 2. The molecule has 1 N–H and O–H groups in total. The second kappa shape index (κ2) is 4.31. The molecule has 0 aliphatic carbocycles. The molecule has 0 saturated carbocycles. The Kier molecular flexibility index (Phi) is 3.00. The van der Waals surface area contributed by atoms with Gasteiger partial charge in [0.2, 0.25) is 0 Å². The maximum atomic E-state index is 11.1. The third-order valence-electron chi connectivity index (χ3n) is 2.54. The van der Waals surface area contributed by atoms with Crippen molar-refractivity contribution in [3.05, 3.63) is 54.1 Å². The molecule has 4 heteroatoms. The lowest BCUT2D eigenvalue weighted by molar-refractivity contribution is 0.483. The Morgan fingerprint density at radius 2 is 1.76 bits per heavy atom. The summed E-state index contributed by atoms with van der Waals surface area (Å²) in [5.74, 6) is 0. The summed E-state index contributed by atoms with van der Waals surface area (Å²) in [4.78, 5) is -0.0917. The van der Waals surface area contributed by atoms with E-state index in [9.17, 15) is 8.42 Å². The quantitative estimate of drug-likeness (QED) is 0.830. The van der Waals surface area contributed by atoms with Crippen LogP contribution in [0.5, 0.6) is 0 Å². The zero-order valence-corrected chi connectivity index (χ0v) is 10.0. The number of hydrogen-bond acceptors (Lipinski definition) is 2. The molecule has 0 bridgehead atoms. The highest BCUT2D eigenvalue weighted by atomic mass is 32.2. The van der Waals surface area contributed by atoms with Crippen LogP contribution >= 0.6 is 0 Å². The molecule has 17 heavy (non-hydrogen) atoms. The Labute approximate surface area is 100 Å². The Balaban J connectivity index is 2.63. The third kappa shape index (κ3) is 2.54. The van der Waals surface area contributed by atoms with Crippen molar-refractivity contribution in [2.75, 3.05) is 0 Å². The lowest BCUT2D eigenvalue weighted by Gasteiger charge is -2.07. The summed E-state index contributed by atoms with van der Waals surface area (Å²) in [5.41, 5.74) is 2.63. The topological polar surface area (TPSA) is 54.4 Å². The smallest absolute Gasteiger partial charge is 0.282 e. The van der Waals surface area contributed by atoms with Gasteiger partial charge in [-0.15, -0.1) is 0 Å². The molecule has 0 atom stereocenters. The van der Waals surface area contributed by atoms with Crippen LogP contribution in [-0.4, -0.2) is 13.0 Å². The molecule has 2 aromatic rings. The van der Waals surface area contributed by atoms with E-state index >= 15 is 0 Å². The van der Waals surface area contributed by atoms with Crippen LogP contribution in [0.3, 0.4) is 0 Å². The molecule has 3 nitrogen and oxygen atoms in total. The van der Waals surface area contributed by atoms with E-state index in [1.165, 1.54) is 12.1 Å². The molecule has 0 spiro atoms. The maximum absolute atomic E-state index is 11.1. The van der Waals surface area contributed by atoms with Gasteiger partial charge in [0.25, 0.3) is 10.1 Å². The van der Waals surface area contributed by atoms with Gasteiger partial charge < -0.3 is 0 Å². The summed E-state index contributed by atoms with van der Waals surface area (Å²) in [6, 6.07) is 14.6. The molecule has 0 aliphatic heterocycles. The molecule has 0 fully saturated rings. The van der Waals surface area contributed by atoms with Crippen molar-refractivity contribution in [3.63, 3.8) is 0 Å². The Hall–Kier alpha value is -1.65. The zero-order chi connectivity index (χ0) is 12.5. The monoisotopic (exact) mass is 247 g/mol. The first-order chi connectivity index (χ1) is 7.98. The summed E-state index contributed by atoms with van der Waals surface area (Å²) in [6.07, 6.45) is 0. The fourth-order valence-electron chi connectivity index (χ4n) is 1.64. The molecule has 0 aliphatic rings. The van der Waals surface area contributed by atoms with Gasteiger partial charge in [0.15, 0.2) is 0 Å². The Bertz CT molecular complexity index is 631. The van der Waals surface area contributed by atoms with Crippen LogP contribution in [0.15, 0.2) is 47.4 Å². The average molecular weight is 247 g/mol. The standard InChI is InChI=1S/C13H11O3S/c1-10-7-8-12(17(14,15)16)9-13(10)11-5-3-2-4-6-11/h3-9H,1H3,(H,14,15,16). The van der Waals surface area contributed by atoms with Gasteiger partial charge >= 0.3 is 0 Å². The van der Waals surface area contributed by atoms with Gasteiger partial charge in [-0.3, -0.25) is 4.55 Å². The first kappa shape index (κ1) is 11.8. The minimum atomic E-state index is -4.16. The van der Waals surface area contributed by atoms with E-state index in [0.717, 1.165) is 16.7 Å². The average Bonchev–Trinajstić information content (AvgIpc) is 2.29. The van der Waals surface area contributed by atoms with Gasteiger partial charge in [0.1, 0.15) is 0 Å². The minimum absolute atomic E-state index is 0.0917. The zero-order valence-electron chi connectivity index (χ0n) is 9.21. The second-order valence-electron chi connectivity index (χ2n) is 3.74. The van der Waals surface area contributed by atoms with Gasteiger partial charge in [-0.2, -0.15) is 8.42 Å². The number of hydrogen-bond donors (Lipinski definition) is 1. The number of aryl methyl sites for hydroxylation is 1. The minimum Gasteiger partial charge on any atom is -0.282 e. The fraction of sp³-hybridized carbons (Fsp3) is 0.0769. The van der Waals surface area contributed by atoms with Crippen LogP contribution in [0.1, 0.15) is 5.56 Å². The lowest BCUT2D eigenvalue weighted by atomic mass is 10.0. The van der Waals surface area contributed by atoms with E-state index in [4.69, 9.17) is 4.55 Å². The highest BCUT2D eigenvalue weighted by Gasteiger charge is 2.11. The van der Waals surface area contributed by atoms with E-state index in [0.29, 0.717) is 0 Å². The van der Waals surface area contributed by atoms with E-state index in [-0.39, 0.29) is 4.90 Å². The summed E-state index contributed by atoms with van der Waals surface area (Å²) < 4.78 is 31.2. The lowest BCUT2D eigenvalue weighted by Crippen LogP contribution is -1.98. The Morgan fingerprint density at radius 3 is 2.35 bits per heavy atom. The van der Waals surface area contributed by atoms with E-state index < -0.39 is 10.1 Å². The van der Waals surface area contributed by atoms with E-state index in [1.54, 1.807) is 18.2 Å². The van der Waals surface area contributed by atoms with Gasteiger partial charge in [-0.05, 0) is 41.8 Å². The summed E-state index contributed by atoms with van der Waals surface area (Å²) >= 11 is 0. The first-order valence-corrected chi connectivity index (χ1v) is 6.47. The summed E-state index contributed by atoms with van der Waals surface area (Å²) in [7, 11) is -4.16. The normalized spacial score (nSPS) is 11.4. The van der Waals surface area contributed by atoms with Crippen LogP contribution < -0.4 is 0 Å². The summed E-state index contributed by atoms with van der Waals surface area (Å²) in [5, 5.41) is 0. The van der Waals surface area contributed by atoms with Crippen molar-refractivity contribution < 1.29 is 13.0 Å². The maximum Gasteiger partial charge on any atom is 0.294 e. The molecular formula is C13H11O3S. The van der Waals surface area contributed by atoms with Crippen LogP contribution in [0.4, 0.5) is 0 Å². The summed E-state index contributed by atoms with van der Waals surface area (Å²) in [6.45, 7) is 1.89. The Morgan fingerprint density at radius 1 is 1.12 bits per heavy atom. The molecule has 0 amide bonds. The highest BCUT2D eigenvalue weighted by Crippen LogP contribution is 2.25. The van der Waals surface area contributed by atoms with E-state index in [2.05, 4.69) is 6.07 Å². The molecule has 1 radical (unpaired) electrons. The van der Waals surface area contributed by atoms with Crippen molar-refractivity contribution in [2.45, 2.75) is 11.8 Å². The van der Waals surface area contributed by atoms with Crippen LogP contribution in [0.2, 0.25) is 0 Å². The van der Waals surface area contributed by atoms with Gasteiger partial charge in [0, 0.05) is 0 Å². The molecule has 0 aromatic heterocycles. The molecule has 2 aromatic carbocycles. The van der Waals surface area contributed by atoms with Crippen molar-refractivity contribution in [2.24, 2.45) is 0 Å². The molecular weight excluding hydrogens is 236 g/mol. The second-order valence-corrected chi connectivity index (χ2v) is 5.16. The molecule has 0 unspecified atom stereocenters. The van der Waals surface area contributed by atoms with Gasteiger partial charge in [0.05, 0.1) is 4.90 Å². The van der Waals surface area contributed by atoms with Crippen LogP contribution in [0.25, 0.3) is 11.1 Å².